The third-order valence-electron chi connectivity index (χ3n) is 2.27. The Morgan fingerprint density at radius 2 is 2.20 bits per heavy atom. The van der Waals surface area contributed by atoms with Crippen molar-refractivity contribution in [3.8, 4) is 5.75 Å². The topological polar surface area (TPSA) is 35.2 Å². The van der Waals surface area contributed by atoms with Crippen LogP contribution in [-0.2, 0) is 0 Å². The molecule has 0 aromatic heterocycles. The van der Waals surface area contributed by atoms with E-state index in [9.17, 15) is 4.39 Å². The van der Waals surface area contributed by atoms with E-state index in [1.54, 1.807) is 0 Å². The molecule has 1 aromatic carbocycles. The summed E-state index contributed by atoms with van der Waals surface area (Å²) >= 11 is 5.81. The number of rotatable bonds is 4. The molecule has 84 valence electrons. The van der Waals surface area contributed by atoms with Gasteiger partial charge in [0.15, 0.2) is 0 Å². The van der Waals surface area contributed by atoms with Crippen molar-refractivity contribution < 1.29 is 9.13 Å². The van der Waals surface area contributed by atoms with Gasteiger partial charge in [-0.25, -0.2) is 4.39 Å². The smallest absolute Gasteiger partial charge is 0.147 e. The molecule has 0 aliphatic rings. The standard InChI is InChI=1S/C11H15ClFNO/c1-3-7(2)6-15-11-5-10(14)9(13)4-8(11)12/h4-5,7H,3,6,14H2,1-2H3. The summed E-state index contributed by atoms with van der Waals surface area (Å²) in [6, 6.07) is 2.59. The highest BCUT2D eigenvalue weighted by Crippen LogP contribution is 2.29. The molecule has 0 spiro atoms. The predicted octanol–water partition coefficient (Wildman–Crippen LogP) is 3.49. The molecule has 0 fully saturated rings. The number of ether oxygens (including phenoxy) is 1. The minimum Gasteiger partial charge on any atom is -0.492 e. The number of anilines is 1. The van der Waals surface area contributed by atoms with Crippen LogP contribution in [0.4, 0.5) is 10.1 Å². The van der Waals surface area contributed by atoms with Crippen LogP contribution in [0.15, 0.2) is 12.1 Å². The normalized spacial score (nSPS) is 12.5. The number of halogens is 2. The quantitative estimate of drug-likeness (QED) is 0.806. The molecular weight excluding hydrogens is 217 g/mol. The van der Waals surface area contributed by atoms with E-state index < -0.39 is 5.82 Å². The van der Waals surface area contributed by atoms with Gasteiger partial charge in [0.1, 0.15) is 11.6 Å². The Morgan fingerprint density at radius 1 is 1.53 bits per heavy atom. The molecule has 0 radical (unpaired) electrons. The van der Waals surface area contributed by atoms with Gasteiger partial charge in [-0.15, -0.1) is 0 Å². The van der Waals surface area contributed by atoms with Crippen molar-refractivity contribution in [1.82, 2.24) is 0 Å². The van der Waals surface area contributed by atoms with Crippen molar-refractivity contribution in [2.75, 3.05) is 12.3 Å². The first-order valence-corrected chi connectivity index (χ1v) is 5.29. The summed E-state index contributed by atoms with van der Waals surface area (Å²) in [5, 5.41) is 0.255. The maximum absolute atomic E-state index is 13.0. The van der Waals surface area contributed by atoms with Gasteiger partial charge in [0.05, 0.1) is 17.3 Å². The second kappa shape index (κ2) is 5.21. The van der Waals surface area contributed by atoms with Gasteiger partial charge in [-0.2, -0.15) is 0 Å². The van der Waals surface area contributed by atoms with E-state index in [0.29, 0.717) is 18.3 Å². The van der Waals surface area contributed by atoms with Crippen molar-refractivity contribution in [2.24, 2.45) is 5.92 Å². The van der Waals surface area contributed by atoms with E-state index in [-0.39, 0.29) is 10.7 Å². The Morgan fingerprint density at radius 3 is 2.80 bits per heavy atom. The van der Waals surface area contributed by atoms with E-state index in [4.69, 9.17) is 22.1 Å². The summed E-state index contributed by atoms with van der Waals surface area (Å²) in [6.45, 7) is 4.71. The number of nitrogen functional groups attached to an aromatic ring is 1. The highest BCUT2D eigenvalue weighted by atomic mass is 35.5. The summed E-state index contributed by atoms with van der Waals surface area (Å²) in [6.07, 6.45) is 1.02. The molecule has 1 unspecified atom stereocenters. The summed E-state index contributed by atoms with van der Waals surface area (Å²) in [4.78, 5) is 0. The lowest BCUT2D eigenvalue weighted by Crippen LogP contribution is -2.08. The second-order valence-corrected chi connectivity index (χ2v) is 4.04. The van der Waals surface area contributed by atoms with E-state index in [0.717, 1.165) is 6.42 Å². The van der Waals surface area contributed by atoms with Gasteiger partial charge in [0.25, 0.3) is 0 Å². The first kappa shape index (κ1) is 12.1. The zero-order valence-electron chi connectivity index (χ0n) is 8.89. The van der Waals surface area contributed by atoms with Gasteiger partial charge in [-0.3, -0.25) is 0 Å². The molecule has 0 amide bonds. The van der Waals surface area contributed by atoms with Crippen molar-refractivity contribution in [3.05, 3.63) is 23.0 Å². The number of nitrogens with two attached hydrogens (primary N) is 1. The molecule has 0 heterocycles. The van der Waals surface area contributed by atoms with E-state index >= 15 is 0 Å². The van der Waals surface area contributed by atoms with Crippen LogP contribution >= 0.6 is 11.6 Å². The highest BCUT2D eigenvalue weighted by molar-refractivity contribution is 6.32. The van der Waals surface area contributed by atoms with Gasteiger partial charge in [0.2, 0.25) is 0 Å². The first-order chi connectivity index (χ1) is 7.04. The predicted molar refractivity (Wildman–Crippen MR) is 60.8 cm³/mol. The van der Waals surface area contributed by atoms with E-state index in [1.165, 1.54) is 12.1 Å². The van der Waals surface area contributed by atoms with Crippen molar-refractivity contribution >= 4 is 17.3 Å². The van der Waals surface area contributed by atoms with Gasteiger partial charge in [-0.1, -0.05) is 31.9 Å². The number of benzene rings is 1. The number of hydrogen-bond donors (Lipinski definition) is 1. The molecule has 0 saturated heterocycles. The maximum atomic E-state index is 13.0. The summed E-state index contributed by atoms with van der Waals surface area (Å²) in [5.74, 6) is 0.360. The Hall–Kier alpha value is -0.960. The van der Waals surface area contributed by atoms with Gasteiger partial charge >= 0.3 is 0 Å². The third-order valence-corrected chi connectivity index (χ3v) is 2.57. The van der Waals surface area contributed by atoms with Crippen molar-refractivity contribution in [3.63, 3.8) is 0 Å². The van der Waals surface area contributed by atoms with Crippen molar-refractivity contribution in [2.45, 2.75) is 20.3 Å². The lowest BCUT2D eigenvalue weighted by atomic mass is 10.1. The monoisotopic (exact) mass is 231 g/mol. The Labute approximate surface area is 94.2 Å². The van der Waals surface area contributed by atoms with Crippen LogP contribution in [0.25, 0.3) is 0 Å². The van der Waals surface area contributed by atoms with Crippen molar-refractivity contribution in [1.29, 1.82) is 0 Å². The Balaban J connectivity index is 2.73. The fraction of sp³-hybridized carbons (Fsp3) is 0.455. The highest BCUT2D eigenvalue weighted by Gasteiger charge is 2.08. The zero-order chi connectivity index (χ0) is 11.4. The van der Waals surface area contributed by atoms with Crippen LogP contribution in [0.3, 0.4) is 0 Å². The van der Waals surface area contributed by atoms with Gasteiger partial charge in [0, 0.05) is 6.07 Å². The fourth-order valence-corrected chi connectivity index (χ4v) is 1.21. The van der Waals surface area contributed by atoms with Crippen LogP contribution in [0.1, 0.15) is 20.3 Å². The molecule has 15 heavy (non-hydrogen) atoms. The molecule has 4 heteroatoms. The molecule has 0 aliphatic carbocycles. The molecule has 2 N–H and O–H groups in total. The van der Waals surface area contributed by atoms with Crippen LogP contribution in [0, 0.1) is 11.7 Å². The van der Waals surface area contributed by atoms with E-state index in [2.05, 4.69) is 13.8 Å². The second-order valence-electron chi connectivity index (χ2n) is 3.63. The van der Waals surface area contributed by atoms with Crippen LogP contribution in [0.2, 0.25) is 5.02 Å². The Bertz CT molecular complexity index is 344. The first-order valence-electron chi connectivity index (χ1n) is 4.92. The Kier molecular flexibility index (Phi) is 4.21. The molecule has 0 bridgehead atoms. The van der Waals surface area contributed by atoms with Gasteiger partial charge < -0.3 is 10.5 Å². The number of hydrogen-bond acceptors (Lipinski definition) is 2. The maximum Gasteiger partial charge on any atom is 0.147 e. The summed E-state index contributed by atoms with van der Waals surface area (Å²) in [5.41, 5.74) is 5.47. The van der Waals surface area contributed by atoms with Crippen LogP contribution in [0.5, 0.6) is 5.75 Å². The van der Waals surface area contributed by atoms with Crippen LogP contribution < -0.4 is 10.5 Å². The fourth-order valence-electron chi connectivity index (χ4n) is 1.01. The average molecular weight is 232 g/mol. The van der Waals surface area contributed by atoms with E-state index in [1.807, 2.05) is 0 Å². The lowest BCUT2D eigenvalue weighted by Gasteiger charge is -2.12. The molecule has 1 rings (SSSR count). The van der Waals surface area contributed by atoms with Crippen LogP contribution in [-0.4, -0.2) is 6.61 Å². The minimum absolute atomic E-state index is 0.0542. The zero-order valence-corrected chi connectivity index (χ0v) is 9.64. The molecule has 2 nitrogen and oxygen atoms in total. The molecule has 1 atom stereocenters. The summed E-state index contributed by atoms with van der Waals surface area (Å²) in [7, 11) is 0. The average Bonchev–Trinajstić information content (AvgIpc) is 2.21. The molecule has 0 saturated carbocycles. The third kappa shape index (κ3) is 3.27. The lowest BCUT2D eigenvalue weighted by molar-refractivity contribution is 0.256. The summed E-state index contributed by atoms with van der Waals surface area (Å²) < 4.78 is 18.4. The minimum atomic E-state index is -0.518. The van der Waals surface area contributed by atoms with Gasteiger partial charge in [-0.05, 0) is 12.0 Å². The molecule has 1 aromatic rings. The molecule has 0 aliphatic heterocycles. The SMILES string of the molecule is CCC(C)COc1cc(N)c(F)cc1Cl. The molecular formula is C11H15ClFNO. The largest absolute Gasteiger partial charge is 0.492 e.